The van der Waals surface area contributed by atoms with Crippen LogP contribution in [0.1, 0.15) is 35.7 Å². The maximum atomic E-state index is 11.3. The zero-order valence-electron chi connectivity index (χ0n) is 12.1. The van der Waals surface area contributed by atoms with E-state index < -0.39 is 5.97 Å². The first-order chi connectivity index (χ1) is 9.52. The second kappa shape index (κ2) is 7.72. The van der Waals surface area contributed by atoms with E-state index in [2.05, 4.69) is 0 Å². The monoisotopic (exact) mass is 284 g/mol. The minimum Gasteiger partial charge on any atom is -0.478 e. The first-order valence-electron chi connectivity index (χ1n) is 6.16. The number of carbonyl (C=O) groups is 1. The maximum Gasteiger partial charge on any atom is 0.339 e. The van der Waals surface area contributed by atoms with E-state index in [4.69, 9.17) is 18.9 Å². The molecule has 6 heteroatoms. The summed E-state index contributed by atoms with van der Waals surface area (Å²) in [5, 5.41) is 9.25. The predicted octanol–water partition coefficient (Wildman–Crippen LogP) is 2.47. The van der Waals surface area contributed by atoms with Crippen LogP contribution in [0.15, 0.2) is 12.1 Å². The second-order valence-electron chi connectivity index (χ2n) is 4.42. The van der Waals surface area contributed by atoms with Crippen LogP contribution in [0.4, 0.5) is 0 Å². The van der Waals surface area contributed by atoms with Gasteiger partial charge in [-0.3, -0.25) is 0 Å². The van der Waals surface area contributed by atoms with Crippen LogP contribution in [0, 0.1) is 0 Å². The number of carboxylic acid groups (broad SMARTS) is 1. The van der Waals surface area contributed by atoms with Gasteiger partial charge in [0.2, 0.25) is 0 Å². The van der Waals surface area contributed by atoms with Crippen molar-refractivity contribution >= 4 is 5.97 Å². The molecule has 1 aromatic carbocycles. The molecule has 112 valence electrons. The summed E-state index contributed by atoms with van der Waals surface area (Å²) in [6.45, 7) is 3.91. The van der Waals surface area contributed by atoms with Crippen molar-refractivity contribution < 1.29 is 28.8 Å². The molecule has 0 heterocycles. The lowest BCUT2D eigenvalue weighted by Gasteiger charge is -2.19. The second-order valence-corrected chi connectivity index (χ2v) is 4.42. The molecule has 1 aromatic rings. The minimum absolute atomic E-state index is 0.0213. The minimum atomic E-state index is -1.06. The van der Waals surface area contributed by atoms with Crippen LogP contribution in [0.25, 0.3) is 0 Å². The molecule has 0 aromatic heterocycles. The lowest BCUT2D eigenvalue weighted by molar-refractivity contribution is 0.0429. The van der Waals surface area contributed by atoms with Gasteiger partial charge >= 0.3 is 5.97 Å². The molecule has 0 amide bonds. The highest BCUT2D eigenvalue weighted by Crippen LogP contribution is 2.38. The van der Waals surface area contributed by atoms with Crippen LogP contribution in [0.5, 0.6) is 11.5 Å². The standard InChI is InChI=1S/C14H20O6/c1-9(2)12-11(19-7-17-3)6-5-10(14(15)16)13(12)20-8-18-4/h5-6,9H,7-8H2,1-4H3,(H,15,16). The van der Waals surface area contributed by atoms with Gasteiger partial charge in [-0.1, -0.05) is 13.8 Å². The zero-order valence-corrected chi connectivity index (χ0v) is 12.1. The summed E-state index contributed by atoms with van der Waals surface area (Å²) < 4.78 is 20.6. The van der Waals surface area contributed by atoms with Gasteiger partial charge in [-0.05, 0) is 18.1 Å². The van der Waals surface area contributed by atoms with E-state index in [9.17, 15) is 9.90 Å². The SMILES string of the molecule is COCOc1ccc(C(=O)O)c(OCOC)c1C(C)C. The third-order valence-electron chi connectivity index (χ3n) is 2.62. The summed E-state index contributed by atoms with van der Waals surface area (Å²) in [7, 11) is 2.99. The molecule has 1 rings (SSSR count). The molecule has 0 bridgehead atoms. The number of ether oxygens (including phenoxy) is 4. The quantitative estimate of drug-likeness (QED) is 0.739. The Morgan fingerprint density at radius 1 is 1.15 bits per heavy atom. The average Bonchev–Trinajstić information content (AvgIpc) is 2.41. The summed E-state index contributed by atoms with van der Waals surface area (Å²) in [6, 6.07) is 3.06. The van der Waals surface area contributed by atoms with Gasteiger partial charge in [0.1, 0.15) is 17.1 Å². The molecule has 0 saturated carbocycles. The Balaban J connectivity index is 3.31. The fourth-order valence-corrected chi connectivity index (χ4v) is 1.82. The predicted molar refractivity (Wildman–Crippen MR) is 72.5 cm³/mol. The summed E-state index contributed by atoms with van der Waals surface area (Å²) in [4.78, 5) is 11.3. The zero-order chi connectivity index (χ0) is 15.1. The largest absolute Gasteiger partial charge is 0.478 e. The van der Waals surface area contributed by atoms with E-state index in [1.54, 1.807) is 6.07 Å². The highest BCUT2D eigenvalue weighted by Gasteiger charge is 2.22. The van der Waals surface area contributed by atoms with Crippen LogP contribution in [-0.2, 0) is 9.47 Å². The van der Waals surface area contributed by atoms with Crippen molar-refractivity contribution in [3.63, 3.8) is 0 Å². The lowest BCUT2D eigenvalue weighted by Crippen LogP contribution is -2.11. The Labute approximate surface area is 118 Å². The van der Waals surface area contributed by atoms with E-state index in [1.807, 2.05) is 13.8 Å². The molecule has 0 unspecified atom stereocenters. The van der Waals surface area contributed by atoms with Crippen LogP contribution in [0.3, 0.4) is 0 Å². The molecule has 0 aliphatic heterocycles. The molecule has 0 atom stereocenters. The molecular formula is C14H20O6. The third kappa shape index (κ3) is 3.85. The highest BCUT2D eigenvalue weighted by atomic mass is 16.7. The summed E-state index contributed by atoms with van der Waals surface area (Å²) in [6.07, 6.45) is 0. The fourth-order valence-electron chi connectivity index (χ4n) is 1.82. The topological polar surface area (TPSA) is 74.2 Å². The van der Waals surface area contributed by atoms with Crippen molar-refractivity contribution in [1.29, 1.82) is 0 Å². The van der Waals surface area contributed by atoms with E-state index in [-0.39, 0.29) is 30.8 Å². The van der Waals surface area contributed by atoms with Gasteiger partial charge in [0.05, 0.1) is 0 Å². The van der Waals surface area contributed by atoms with Crippen molar-refractivity contribution in [3.05, 3.63) is 23.3 Å². The molecule has 0 saturated heterocycles. The number of hydrogen-bond donors (Lipinski definition) is 1. The first kappa shape index (κ1) is 16.3. The Morgan fingerprint density at radius 3 is 2.25 bits per heavy atom. The third-order valence-corrected chi connectivity index (χ3v) is 2.62. The van der Waals surface area contributed by atoms with Crippen LogP contribution >= 0.6 is 0 Å². The van der Waals surface area contributed by atoms with Gasteiger partial charge in [-0.2, -0.15) is 0 Å². The number of benzene rings is 1. The van der Waals surface area contributed by atoms with E-state index in [0.29, 0.717) is 11.3 Å². The molecule has 0 aliphatic carbocycles. The number of hydrogen-bond acceptors (Lipinski definition) is 5. The van der Waals surface area contributed by atoms with Crippen LogP contribution in [0.2, 0.25) is 0 Å². The Bertz CT molecular complexity index is 455. The van der Waals surface area contributed by atoms with Crippen LogP contribution < -0.4 is 9.47 Å². The average molecular weight is 284 g/mol. The first-order valence-corrected chi connectivity index (χ1v) is 6.16. The fraction of sp³-hybridized carbons (Fsp3) is 0.500. The van der Waals surface area contributed by atoms with E-state index in [0.717, 1.165) is 0 Å². The summed E-state index contributed by atoms with van der Waals surface area (Å²) in [5.74, 6) is -0.231. The van der Waals surface area contributed by atoms with Crippen molar-refractivity contribution in [2.24, 2.45) is 0 Å². The Hall–Kier alpha value is -1.79. The van der Waals surface area contributed by atoms with Gasteiger partial charge in [0, 0.05) is 19.8 Å². The molecule has 0 spiro atoms. The normalized spacial score (nSPS) is 10.7. The number of aromatic carboxylic acids is 1. The number of carboxylic acids is 1. The van der Waals surface area contributed by atoms with E-state index >= 15 is 0 Å². The highest BCUT2D eigenvalue weighted by molar-refractivity contribution is 5.92. The van der Waals surface area contributed by atoms with Crippen molar-refractivity contribution in [2.75, 3.05) is 27.8 Å². The molecular weight excluding hydrogens is 264 g/mol. The van der Waals surface area contributed by atoms with Gasteiger partial charge in [-0.15, -0.1) is 0 Å². The van der Waals surface area contributed by atoms with Gasteiger partial charge < -0.3 is 24.1 Å². The summed E-state index contributed by atoms with van der Waals surface area (Å²) >= 11 is 0. The number of methoxy groups -OCH3 is 2. The molecule has 0 aliphatic rings. The maximum absolute atomic E-state index is 11.3. The van der Waals surface area contributed by atoms with Gasteiger partial charge in [0.15, 0.2) is 13.6 Å². The van der Waals surface area contributed by atoms with Crippen LogP contribution in [-0.4, -0.2) is 38.9 Å². The van der Waals surface area contributed by atoms with E-state index in [1.165, 1.54) is 20.3 Å². The molecule has 0 fully saturated rings. The molecule has 1 N–H and O–H groups in total. The molecule has 6 nitrogen and oxygen atoms in total. The number of rotatable bonds is 8. The molecule has 20 heavy (non-hydrogen) atoms. The summed E-state index contributed by atoms with van der Waals surface area (Å²) in [5.41, 5.74) is 0.759. The van der Waals surface area contributed by atoms with Crippen molar-refractivity contribution in [2.45, 2.75) is 19.8 Å². The van der Waals surface area contributed by atoms with Gasteiger partial charge in [0.25, 0.3) is 0 Å². The molecule has 0 radical (unpaired) electrons. The Kier molecular flexibility index (Phi) is 6.27. The van der Waals surface area contributed by atoms with Crippen molar-refractivity contribution in [1.82, 2.24) is 0 Å². The van der Waals surface area contributed by atoms with Gasteiger partial charge in [-0.25, -0.2) is 4.79 Å². The Morgan fingerprint density at radius 2 is 1.75 bits per heavy atom. The smallest absolute Gasteiger partial charge is 0.339 e. The van der Waals surface area contributed by atoms with Crippen molar-refractivity contribution in [3.8, 4) is 11.5 Å². The lowest BCUT2D eigenvalue weighted by atomic mass is 9.97.